The van der Waals surface area contributed by atoms with Crippen LogP contribution in [0.15, 0.2) is 0 Å². The number of carbonyl (C=O) groups excluding carboxylic acids is 2. The summed E-state index contributed by atoms with van der Waals surface area (Å²) in [5, 5.41) is 2.07. The molecular weight excluding hydrogens is 505 g/mol. The first-order chi connectivity index (χ1) is 18.1. The van der Waals surface area contributed by atoms with Gasteiger partial charge in [0, 0.05) is 0 Å². The van der Waals surface area contributed by atoms with Crippen molar-refractivity contribution in [2.75, 3.05) is 6.61 Å². The standard InChI is InChI=1S/C29H44F5NO3/c1-4-5-6-7-8-9-10-11-12-13-14-15-16-17-18-38-29(37)21(19-20(2)3)35-28(36)22-23(30)25(32)27(34)26(33)24(22)31/h20-21H,4-19H2,1-3H3,(H,35,36). The number of amides is 1. The number of unbranched alkanes of at least 4 members (excludes halogenated alkanes) is 13. The predicted molar refractivity (Wildman–Crippen MR) is 138 cm³/mol. The molecule has 1 aromatic rings. The van der Waals surface area contributed by atoms with Crippen LogP contribution in [0.25, 0.3) is 0 Å². The molecule has 0 bridgehead atoms. The highest BCUT2D eigenvalue weighted by molar-refractivity contribution is 5.97. The zero-order valence-electron chi connectivity index (χ0n) is 23.1. The molecule has 38 heavy (non-hydrogen) atoms. The number of benzene rings is 1. The number of carbonyl (C=O) groups is 2. The SMILES string of the molecule is CCCCCCCCCCCCCCCCOC(=O)C(CC(C)C)NC(=O)c1c(F)c(F)c(F)c(F)c1F. The fourth-order valence-electron chi connectivity index (χ4n) is 4.29. The van der Waals surface area contributed by atoms with E-state index in [1.54, 1.807) is 13.8 Å². The van der Waals surface area contributed by atoms with Crippen LogP contribution >= 0.6 is 0 Å². The normalized spacial score (nSPS) is 12.1. The Kier molecular flexibility index (Phi) is 16.9. The minimum absolute atomic E-state index is 0.0682. The highest BCUT2D eigenvalue weighted by atomic mass is 19.2. The van der Waals surface area contributed by atoms with E-state index in [1.807, 2.05) is 0 Å². The molecule has 1 amide bonds. The van der Waals surface area contributed by atoms with Crippen molar-refractivity contribution < 1.29 is 36.3 Å². The van der Waals surface area contributed by atoms with Crippen molar-refractivity contribution in [2.45, 2.75) is 123 Å². The van der Waals surface area contributed by atoms with Gasteiger partial charge in [-0.1, -0.05) is 104 Å². The summed E-state index contributed by atoms with van der Waals surface area (Å²) in [7, 11) is 0. The molecule has 4 nitrogen and oxygen atoms in total. The van der Waals surface area contributed by atoms with E-state index in [9.17, 15) is 31.5 Å². The Labute approximate surface area is 224 Å². The summed E-state index contributed by atoms with van der Waals surface area (Å²) >= 11 is 0. The Balaban J connectivity index is 2.36. The van der Waals surface area contributed by atoms with Crippen LogP contribution in [-0.4, -0.2) is 24.5 Å². The van der Waals surface area contributed by atoms with Crippen molar-refractivity contribution >= 4 is 11.9 Å². The van der Waals surface area contributed by atoms with Crippen LogP contribution in [0.4, 0.5) is 22.0 Å². The predicted octanol–water partition coefficient (Wildman–Crippen LogP) is 8.55. The van der Waals surface area contributed by atoms with Gasteiger partial charge in [0.1, 0.15) is 11.6 Å². The van der Waals surface area contributed by atoms with E-state index in [0.717, 1.165) is 19.3 Å². The molecule has 1 atom stereocenters. The molecule has 0 aromatic heterocycles. The summed E-state index contributed by atoms with van der Waals surface area (Å²) in [4.78, 5) is 24.9. The molecule has 0 radical (unpaired) electrons. The smallest absolute Gasteiger partial charge is 0.328 e. The van der Waals surface area contributed by atoms with Crippen molar-refractivity contribution in [1.29, 1.82) is 0 Å². The molecule has 218 valence electrons. The second kappa shape index (κ2) is 19.0. The van der Waals surface area contributed by atoms with Gasteiger partial charge in [0.25, 0.3) is 5.91 Å². The summed E-state index contributed by atoms with van der Waals surface area (Å²) in [6.07, 6.45) is 16.6. The van der Waals surface area contributed by atoms with Gasteiger partial charge in [0.15, 0.2) is 23.3 Å². The number of rotatable bonds is 20. The van der Waals surface area contributed by atoms with Crippen molar-refractivity contribution in [3.63, 3.8) is 0 Å². The van der Waals surface area contributed by atoms with Crippen LogP contribution in [0.1, 0.15) is 127 Å². The summed E-state index contributed by atoms with van der Waals surface area (Å²) in [5.41, 5.74) is -1.63. The largest absolute Gasteiger partial charge is 0.464 e. The van der Waals surface area contributed by atoms with Gasteiger partial charge < -0.3 is 10.1 Å². The Bertz CT molecular complexity index is 834. The summed E-state index contributed by atoms with van der Waals surface area (Å²) in [5.74, 6) is -13.8. The van der Waals surface area contributed by atoms with Crippen LogP contribution < -0.4 is 5.32 Å². The Morgan fingerprint density at radius 1 is 0.658 bits per heavy atom. The van der Waals surface area contributed by atoms with Gasteiger partial charge in [-0.2, -0.15) is 0 Å². The van der Waals surface area contributed by atoms with Crippen molar-refractivity contribution in [3.8, 4) is 0 Å². The monoisotopic (exact) mass is 549 g/mol. The third-order valence-electron chi connectivity index (χ3n) is 6.48. The lowest BCUT2D eigenvalue weighted by Gasteiger charge is -2.20. The average molecular weight is 550 g/mol. The third-order valence-corrected chi connectivity index (χ3v) is 6.48. The highest BCUT2D eigenvalue weighted by Gasteiger charge is 2.32. The van der Waals surface area contributed by atoms with Crippen molar-refractivity contribution in [1.82, 2.24) is 5.32 Å². The summed E-state index contributed by atoms with van der Waals surface area (Å²) in [6, 6.07) is -1.29. The zero-order valence-corrected chi connectivity index (χ0v) is 23.1. The van der Waals surface area contributed by atoms with Crippen molar-refractivity contribution in [2.24, 2.45) is 5.92 Å². The van der Waals surface area contributed by atoms with Crippen LogP contribution in [0.2, 0.25) is 0 Å². The van der Waals surface area contributed by atoms with Crippen molar-refractivity contribution in [3.05, 3.63) is 34.6 Å². The minimum atomic E-state index is -2.36. The molecule has 0 aliphatic rings. The number of hydrogen-bond acceptors (Lipinski definition) is 3. The Morgan fingerprint density at radius 2 is 1.05 bits per heavy atom. The topological polar surface area (TPSA) is 55.4 Å². The van der Waals surface area contributed by atoms with Crippen LogP contribution in [0, 0.1) is 35.0 Å². The van der Waals surface area contributed by atoms with Gasteiger partial charge in [-0.25, -0.2) is 26.7 Å². The molecule has 1 unspecified atom stereocenters. The molecule has 0 saturated carbocycles. The molecule has 1 rings (SSSR count). The molecule has 0 fully saturated rings. The fourth-order valence-corrected chi connectivity index (χ4v) is 4.29. The molecule has 0 spiro atoms. The van der Waals surface area contributed by atoms with Gasteiger partial charge in [0.2, 0.25) is 5.82 Å². The second-order valence-electron chi connectivity index (χ2n) is 10.4. The Morgan fingerprint density at radius 3 is 1.47 bits per heavy atom. The van der Waals surface area contributed by atoms with E-state index in [2.05, 4.69) is 12.2 Å². The second-order valence-corrected chi connectivity index (χ2v) is 10.4. The lowest BCUT2D eigenvalue weighted by molar-refractivity contribution is -0.146. The maximum Gasteiger partial charge on any atom is 0.328 e. The third kappa shape index (κ3) is 12.1. The zero-order chi connectivity index (χ0) is 28.5. The number of esters is 1. The maximum atomic E-state index is 14.0. The van der Waals surface area contributed by atoms with Gasteiger partial charge in [0.05, 0.1) is 6.61 Å². The molecular formula is C29H44F5NO3. The van der Waals surface area contributed by atoms with Crippen LogP contribution in [0.3, 0.4) is 0 Å². The van der Waals surface area contributed by atoms with E-state index in [0.29, 0.717) is 6.42 Å². The first-order valence-electron chi connectivity index (χ1n) is 14.1. The van der Waals surface area contributed by atoms with Gasteiger partial charge >= 0.3 is 5.97 Å². The highest BCUT2D eigenvalue weighted by Crippen LogP contribution is 2.23. The Hall–Kier alpha value is -2.19. The first kappa shape index (κ1) is 33.8. The first-order valence-corrected chi connectivity index (χ1v) is 14.1. The number of halogens is 5. The van der Waals surface area contributed by atoms with E-state index in [-0.39, 0.29) is 18.9 Å². The molecule has 0 aliphatic heterocycles. The molecule has 9 heteroatoms. The van der Waals surface area contributed by atoms with Gasteiger partial charge in [-0.3, -0.25) is 4.79 Å². The fraction of sp³-hybridized carbons (Fsp3) is 0.724. The quantitative estimate of drug-likeness (QED) is 0.0583. The molecule has 1 aromatic carbocycles. The van der Waals surface area contributed by atoms with E-state index in [1.165, 1.54) is 64.2 Å². The van der Waals surface area contributed by atoms with E-state index in [4.69, 9.17) is 4.74 Å². The average Bonchev–Trinajstić information content (AvgIpc) is 2.87. The summed E-state index contributed by atoms with van der Waals surface area (Å²) in [6.45, 7) is 5.83. The molecule has 0 heterocycles. The number of hydrogen-bond donors (Lipinski definition) is 1. The lowest BCUT2D eigenvalue weighted by atomic mass is 10.0. The maximum absolute atomic E-state index is 14.0. The molecule has 0 saturated heterocycles. The van der Waals surface area contributed by atoms with E-state index < -0.39 is 52.6 Å². The van der Waals surface area contributed by atoms with Crippen LogP contribution in [-0.2, 0) is 9.53 Å². The number of ether oxygens (including phenoxy) is 1. The van der Waals surface area contributed by atoms with E-state index >= 15 is 0 Å². The van der Waals surface area contributed by atoms with Gasteiger partial charge in [-0.15, -0.1) is 0 Å². The summed E-state index contributed by atoms with van der Waals surface area (Å²) < 4.78 is 73.4. The number of nitrogens with one attached hydrogen (secondary N) is 1. The van der Waals surface area contributed by atoms with Crippen LogP contribution in [0.5, 0.6) is 0 Å². The van der Waals surface area contributed by atoms with Gasteiger partial charge in [-0.05, 0) is 18.8 Å². The lowest BCUT2D eigenvalue weighted by Crippen LogP contribution is -2.43. The molecule has 0 aliphatic carbocycles. The molecule has 1 N–H and O–H groups in total. The minimum Gasteiger partial charge on any atom is -0.464 e.